The minimum atomic E-state index is 0.0575. The Kier molecular flexibility index (Phi) is 5.11. The Balaban J connectivity index is 1.71. The van der Waals surface area contributed by atoms with Crippen LogP contribution in [-0.2, 0) is 4.79 Å². The number of carbonyl (C=O) groups is 1. The molecular weight excluding hydrogens is 314 g/mol. The summed E-state index contributed by atoms with van der Waals surface area (Å²) in [5, 5.41) is 18.3. The molecule has 0 radical (unpaired) electrons. The maximum Gasteiger partial charge on any atom is 0.159 e. The Morgan fingerprint density at radius 1 is 1.08 bits per heavy atom. The van der Waals surface area contributed by atoms with Crippen LogP contribution in [0, 0.1) is 17.3 Å². The Bertz CT molecular complexity index is 682. The molecule has 1 saturated carbocycles. The Labute approximate surface area is 149 Å². The number of carbonyl (C=O) groups excluding carboxylic acids is 1. The van der Waals surface area contributed by atoms with Crippen LogP contribution in [0.1, 0.15) is 25.8 Å². The molecule has 0 amide bonds. The van der Waals surface area contributed by atoms with Gasteiger partial charge in [-0.1, -0.05) is 38.1 Å². The summed E-state index contributed by atoms with van der Waals surface area (Å²) in [4.78, 5) is 14.1. The zero-order valence-electron chi connectivity index (χ0n) is 15.0. The van der Waals surface area contributed by atoms with Gasteiger partial charge in [0, 0.05) is 24.7 Å². The molecule has 0 saturated heterocycles. The molecule has 3 aliphatic carbocycles. The molecule has 1 aromatic carbocycles. The van der Waals surface area contributed by atoms with Crippen LogP contribution in [0.5, 0.6) is 0 Å². The van der Waals surface area contributed by atoms with E-state index in [9.17, 15) is 4.79 Å². The fraction of sp³-hybridized carbons (Fsp3) is 0.476. The van der Waals surface area contributed by atoms with Crippen LogP contribution in [0.3, 0.4) is 0 Å². The molecular formula is C21H27NO3. The van der Waals surface area contributed by atoms with E-state index < -0.39 is 0 Å². The quantitative estimate of drug-likeness (QED) is 0.800. The van der Waals surface area contributed by atoms with E-state index in [-0.39, 0.29) is 30.3 Å². The van der Waals surface area contributed by atoms with Gasteiger partial charge < -0.3 is 15.1 Å². The molecule has 0 heterocycles. The van der Waals surface area contributed by atoms with Gasteiger partial charge in [-0.3, -0.25) is 4.79 Å². The van der Waals surface area contributed by atoms with E-state index in [2.05, 4.69) is 26.0 Å². The van der Waals surface area contributed by atoms with Crippen LogP contribution < -0.4 is 4.90 Å². The first kappa shape index (κ1) is 17.9. The number of anilines is 1. The van der Waals surface area contributed by atoms with E-state index in [4.69, 9.17) is 10.2 Å². The van der Waals surface area contributed by atoms with E-state index in [0.29, 0.717) is 19.0 Å². The van der Waals surface area contributed by atoms with Crippen LogP contribution in [0.15, 0.2) is 42.0 Å². The van der Waals surface area contributed by atoms with Crippen LogP contribution >= 0.6 is 0 Å². The van der Waals surface area contributed by atoms with E-state index in [1.165, 1.54) is 0 Å². The van der Waals surface area contributed by atoms with E-state index in [0.717, 1.165) is 23.2 Å². The number of hydrogen-bond acceptors (Lipinski definition) is 4. The summed E-state index contributed by atoms with van der Waals surface area (Å²) in [5.41, 5.74) is 3.29. The van der Waals surface area contributed by atoms with Gasteiger partial charge in [-0.05, 0) is 47.1 Å². The Morgan fingerprint density at radius 3 is 2.24 bits per heavy atom. The van der Waals surface area contributed by atoms with Crippen LogP contribution in [0.25, 0.3) is 6.08 Å². The molecule has 25 heavy (non-hydrogen) atoms. The largest absolute Gasteiger partial charge is 0.395 e. The minimum Gasteiger partial charge on any atom is -0.395 e. The molecule has 2 bridgehead atoms. The molecule has 2 atom stereocenters. The molecule has 134 valence electrons. The van der Waals surface area contributed by atoms with E-state index >= 15 is 0 Å². The molecule has 4 rings (SSSR count). The average Bonchev–Trinajstić information content (AvgIpc) is 2.59. The van der Waals surface area contributed by atoms with E-state index in [1.807, 2.05) is 35.2 Å². The van der Waals surface area contributed by atoms with Gasteiger partial charge in [-0.2, -0.15) is 0 Å². The second-order valence-corrected chi connectivity index (χ2v) is 7.57. The predicted molar refractivity (Wildman–Crippen MR) is 100 cm³/mol. The molecule has 2 unspecified atom stereocenters. The summed E-state index contributed by atoms with van der Waals surface area (Å²) >= 11 is 0. The lowest BCUT2D eigenvalue weighted by atomic mass is 9.48. The highest BCUT2D eigenvalue weighted by Crippen LogP contribution is 2.58. The lowest BCUT2D eigenvalue weighted by Gasteiger charge is -2.54. The zero-order chi connectivity index (χ0) is 18.0. The summed E-state index contributed by atoms with van der Waals surface area (Å²) in [5.74, 6) is 0.958. The SMILES string of the molecule is CC1(C)C2CC1C(/C=C/c1ccc(N(CCO)CCO)cc1)=CC2=O. The van der Waals surface area contributed by atoms with Gasteiger partial charge in [-0.25, -0.2) is 0 Å². The first-order chi connectivity index (χ1) is 12.0. The number of rotatable bonds is 7. The summed E-state index contributed by atoms with van der Waals surface area (Å²) in [6.45, 7) is 5.50. The normalized spacial score (nSPS) is 24.2. The van der Waals surface area contributed by atoms with E-state index in [1.54, 1.807) is 0 Å². The molecule has 1 aromatic rings. The third-order valence-electron chi connectivity index (χ3n) is 5.79. The van der Waals surface area contributed by atoms with Gasteiger partial charge in [-0.15, -0.1) is 0 Å². The monoisotopic (exact) mass is 341 g/mol. The van der Waals surface area contributed by atoms with Crippen molar-refractivity contribution in [3.05, 3.63) is 47.6 Å². The minimum absolute atomic E-state index is 0.0575. The lowest BCUT2D eigenvalue weighted by Crippen LogP contribution is -2.52. The fourth-order valence-electron chi connectivity index (χ4n) is 4.10. The van der Waals surface area contributed by atoms with Crippen molar-refractivity contribution >= 4 is 17.5 Å². The smallest absolute Gasteiger partial charge is 0.159 e. The lowest BCUT2D eigenvalue weighted by molar-refractivity contribution is -0.133. The second kappa shape index (κ2) is 7.14. The highest BCUT2D eigenvalue weighted by Gasteiger charge is 2.54. The maximum absolute atomic E-state index is 12.2. The number of ketones is 1. The Hall–Kier alpha value is -1.91. The number of allylic oxidation sites excluding steroid dienone is 3. The molecule has 0 spiro atoms. The van der Waals surface area contributed by atoms with Gasteiger partial charge in [0.15, 0.2) is 5.78 Å². The highest BCUT2D eigenvalue weighted by atomic mass is 16.3. The van der Waals surface area contributed by atoms with Gasteiger partial charge in [0.05, 0.1) is 13.2 Å². The van der Waals surface area contributed by atoms with Crippen molar-refractivity contribution in [2.75, 3.05) is 31.2 Å². The first-order valence-corrected chi connectivity index (χ1v) is 8.97. The number of aliphatic hydroxyl groups is 2. The van der Waals surface area contributed by atoms with Gasteiger partial charge in [0.1, 0.15) is 0 Å². The number of hydrogen-bond donors (Lipinski definition) is 2. The Morgan fingerprint density at radius 2 is 1.72 bits per heavy atom. The molecule has 4 nitrogen and oxygen atoms in total. The first-order valence-electron chi connectivity index (χ1n) is 8.97. The number of fused-ring (bicyclic) bond motifs is 1. The maximum atomic E-state index is 12.2. The highest BCUT2D eigenvalue weighted by molar-refractivity contribution is 5.96. The van der Waals surface area contributed by atoms with Crippen LogP contribution in [0.4, 0.5) is 5.69 Å². The summed E-state index contributed by atoms with van der Waals surface area (Å²) in [7, 11) is 0. The number of benzene rings is 1. The van der Waals surface area contributed by atoms with Crippen LogP contribution in [-0.4, -0.2) is 42.3 Å². The fourth-order valence-corrected chi connectivity index (χ4v) is 4.10. The zero-order valence-corrected chi connectivity index (χ0v) is 15.0. The molecule has 2 N–H and O–H groups in total. The van der Waals surface area contributed by atoms with Gasteiger partial charge in [0.25, 0.3) is 0 Å². The summed E-state index contributed by atoms with van der Waals surface area (Å²) in [6, 6.07) is 8.03. The van der Waals surface area contributed by atoms with Crippen molar-refractivity contribution < 1.29 is 15.0 Å². The standard InChI is InChI=1S/C21H27NO3/c1-21(2)18-14-19(21)20(25)13-16(18)6-3-15-4-7-17(8-5-15)22(9-11-23)10-12-24/h3-8,13,18-19,23-24H,9-12,14H2,1-2H3/b6-3+. The van der Waals surface area contributed by atoms with Crippen molar-refractivity contribution in [1.29, 1.82) is 0 Å². The number of nitrogens with zero attached hydrogens (tertiary/aromatic N) is 1. The molecule has 0 aliphatic heterocycles. The molecule has 4 heteroatoms. The molecule has 0 aromatic heterocycles. The third kappa shape index (κ3) is 3.42. The predicted octanol–water partition coefficient (Wildman–Crippen LogP) is 2.66. The molecule has 1 fully saturated rings. The summed E-state index contributed by atoms with van der Waals surface area (Å²) < 4.78 is 0. The van der Waals surface area contributed by atoms with Crippen molar-refractivity contribution in [3.8, 4) is 0 Å². The summed E-state index contributed by atoms with van der Waals surface area (Å²) in [6.07, 6.45) is 6.94. The van der Waals surface area contributed by atoms with Crippen molar-refractivity contribution in [3.63, 3.8) is 0 Å². The second-order valence-electron chi connectivity index (χ2n) is 7.57. The van der Waals surface area contributed by atoms with Crippen molar-refractivity contribution in [1.82, 2.24) is 0 Å². The van der Waals surface area contributed by atoms with Crippen molar-refractivity contribution in [2.45, 2.75) is 20.3 Å². The van der Waals surface area contributed by atoms with Gasteiger partial charge in [0.2, 0.25) is 0 Å². The third-order valence-corrected chi connectivity index (χ3v) is 5.79. The van der Waals surface area contributed by atoms with Gasteiger partial charge >= 0.3 is 0 Å². The van der Waals surface area contributed by atoms with Crippen molar-refractivity contribution in [2.24, 2.45) is 17.3 Å². The van der Waals surface area contributed by atoms with Crippen LogP contribution in [0.2, 0.25) is 0 Å². The molecule has 3 aliphatic rings. The average molecular weight is 341 g/mol. The topological polar surface area (TPSA) is 60.8 Å². The number of aliphatic hydroxyl groups excluding tert-OH is 2.